The van der Waals surface area contributed by atoms with Crippen molar-refractivity contribution in [1.82, 2.24) is 4.98 Å². The minimum absolute atomic E-state index is 0.118. The molecule has 1 aromatic carbocycles. The first-order valence-corrected chi connectivity index (χ1v) is 8.06. The number of aliphatic imine (C=N–C) groups is 1. The summed E-state index contributed by atoms with van der Waals surface area (Å²) in [5, 5.41) is 0. The molecule has 1 atom stereocenters. The summed E-state index contributed by atoms with van der Waals surface area (Å²) in [4.78, 5) is 7.45. The highest BCUT2D eigenvalue weighted by molar-refractivity contribution is 9.10. The lowest BCUT2D eigenvalue weighted by molar-refractivity contribution is -0.0146. The molecule has 10 heteroatoms. The van der Waals surface area contributed by atoms with Gasteiger partial charge in [-0.3, -0.25) is 9.98 Å². The molecule has 0 bridgehead atoms. The Bertz CT molecular complexity index is 791. The lowest BCUT2D eigenvalue weighted by Crippen LogP contribution is -2.45. The summed E-state index contributed by atoms with van der Waals surface area (Å²) in [5.41, 5.74) is 7.37. The summed E-state index contributed by atoms with van der Waals surface area (Å²) in [6, 6.07) is 5.05. The number of nitrogen functional groups attached to an aromatic ring is 1. The maximum atomic E-state index is 13.8. The Hall–Kier alpha value is -2.20. The number of hydrogen-bond acceptors (Lipinski definition) is 5. The number of anilines is 1. The highest BCUT2D eigenvalue weighted by atomic mass is 79.9. The topological polar surface area (TPSA) is 86.5 Å². The number of amidine groups is 1. The minimum atomic E-state index is -3.08. The van der Waals surface area contributed by atoms with E-state index < -0.39 is 41.5 Å². The zero-order chi connectivity index (χ0) is 19.3. The SMILES string of the molecule is Brc1cccnc1.NC1=NC(c2cc(N)c(F)cc2F)(C(F)F)COC1. The Labute approximate surface area is 155 Å². The Morgan fingerprint density at radius 3 is 2.42 bits per heavy atom. The summed E-state index contributed by atoms with van der Waals surface area (Å²) < 4.78 is 59.4. The molecule has 0 saturated carbocycles. The van der Waals surface area contributed by atoms with Gasteiger partial charge in [0.2, 0.25) is 0 Å². The van der Waals surface area contributed by atoms with Crippen molar-refractivity contribution in [2.24, 2.45) is 10.7 Å². The summed E-state index contributed by atoms with van der Waals surface area (Å²) >= 11 is 3.25. The van der Waals surface area contributed by atoms with Gasteiger partial charge in [0, 0.05) is 28.5 Å². The number of rotatable bonds is 2. The third kappa shape index (κ3) is 4.50. The quantitative estimate of drug-likeness (QED) is 0.560. The number of alkyl halides is 2. The largest absolute Gasteiger partial charge is 0.396 e. The molecule has 2 aromatic rings. The fourth-order valence-electron chi connectivity index (χ4n) is 2.24. The maximum absolute atomic E-state index is 13.8. The average Bonchev–Trinajstić information content (AvgIpc) is 2.59. The number of benzene rings is 1. The molecule has 0 spiro atoms. The fraction of sp³-hybridized carbons (Fsp3) is 0.250. The monoisotopic (exact) mass is 434 g/mol. The Morgan fingerprint density at radius 2 is 1.92 bits per heavy atom. The van der Waals surface area contributed by atoms with E-state index in [0.29, 0.717) is 6.07 Å². The fourth-order valence-corrected chi connectivity index (χ4v) is 2.51. The molecule has 0 amide bonds. The third-order valence-electron chi connectivity index (χ3n) is 3.45. The zero-order valence-corrected chi connectivity index (χ0v) is 14.9. The number of halogens is 5. The van der Waals surface area contributed by atoms with Gasteiger partial charge in [-0.2, -0.15) is 0 Å². The lowest BCUT2D eigenvalue weighted by Gasteiger charge is -2.33. The molecular weight excluding hydrogens is 420 g/mol. The molecule has 4 N–H and O–H groups in total. The molecule has 0 saturated heterocycles. The van der Waals surface area contributed by atoms with Crippen LogP contribution in [0.2, 0.25) is 0 Å². The van der Waals surface area contributed by atoms with E-state index in [1.54, 1.807) is 12.4 Å². The average molecular weight is 435 g/mol. The molecule has 1 aromatic heterocycles. The Kier molecular flexibility index (Phi) is 6.54. The second-order valence-corrected chi connectivity index (χ2v) is 6.26. The van der Waals surface area contributed by atoms with Gasteiger partial charge < -0.3 is 16.2 Å². The van der Waals surface area contributed by atoms with Crippen molar-refractivity contribution in [2.75, 3.05) is 18.9 Å². The van der Waals surface area contributed by atoms with Crippen LogP contribution < -0.4 is 11.5 Å². The van der Waals surface area contributed by atoms with Gasteiger partial charge in [-0.15, -0.1) is 0 Å². The molecule has 0 aliphatic carbocycles. The van der Waals surface area contributed by atoms with Crippen molar-refractivity contribution in [1.29, 1.82) is 0 Å². The lowest BCUT2D eigenvalue weighted by atomic mass is 9.90. The van der Waals surface area contributed by atoms with Crippen molar-refractivity contribution in [2.45, 2.75) is 12.0 Å². The van der Waals surface area contributed by atoms with Crippen molar-refractivity contribution >= 4 is 27.5 Å². The first-order valence-electron chi connectivity index (χ1n) is 7.27. The van der Waals surface area contributed by atoms with Crippen LogP contribution >= 0.6 is 15.9 Å². The van der Waals surface area contributed by atoms with Crippen LogP contribution in [0.3, 0.4) is 0 Å². The van der Waals surface area contributed by atoms with Crippen LogP contribution in [0.4, 0.5) is 23.2 Å². The summed E-state index contributed by atoms with van der Waals surface area (Å²) in [5.74, 6) is -2.39. The van der Waals surface area contributed by atoms with Crippen LogP contribution in [-0.2, 0) is 10.3 Å². The summed E-state index contributed by atoms with van der Waals surface area (Å²) in [6.45, 7) is -0.680. The van der Waals surface area contributed by atoms with Crippen LogP contribution in [0.15, 0.2) is 46.1 Å². The smallest absolute Gasteiger partial charge is 0.269 e. The van der Waals surface area contributed by atoms with Gasteiger partial charge in [0.25, 0.3) is 6.43 Å². The molecule has 1 aliphatic rings. The number of aromatic nitrogens is 1. The number of ether oxygens (including phenoxy) is 1. The van der Waals surface area contributed by atoms with Crippen molar-refractivity contribution in [3.8, 4) is 0 Å². The minimum Gasteiger partial charge on any atom is -0.396 e. The van der Waals surface area contributed by atoms with Crippen molar-refractivity contribution < 1.29 is 22.3 Å². The van der Waals surface area contributed by atoms with Gasteiger partial charge in [-0.1, -0.05) is 0 Å². The van der Waals surface area contributed by atoms with E-state index in [-0.39, 0.29) is 12.4 Å². The van der Waals surface area contributed by atoms with Crippen molar-refractivity contribution in [3.63, 3.8) is 0 Å². The van der Waals surface area contributed by atoms with Crippen LogP contribution in [0.1, 0.15) is 5.56 Å². The Morgan fingerprint density at radius 1 is 1.19 bits per heavy atom. The van der Waals surface area contributed by atoms with E-state index in [0.717, 1.165) is 10.5 Å². The third-order valence-corrected chi connectivity index (χ3v) is 3.92. The molecule has 140 valence electrons. The van der Waals surface area contributed by atoms with E-state index >= 15 is 0 Å². The second kappa shape index (κ2) is 8.45. The van der Waals surface area contributed by atoms with E-state index in [1.807, 2.05) is 12.1 Å². The molecule has 2 heterocycles. The molecule has 0 fully saturated rings. The first-order chi connectivity index (χ1) is 12.3. The molecule has 1 unspecified atom stereocenters. The normalized spacial score (nSPS) is 19.5. The predicted molar refractivity (Wildman–Crippen MR) is 92.8 cm³/mol. The highest BCUT2D eigenvalue weighted by Crippen LogP contribution is 2.38. The molecule has 26 heavy (non-hydrogen) atoms. The van der Waals surface area contributed by atoms with Gasteiger partial charge in [-0.05, 0) is 34.1 Å². The van der Waals surface area contributed by atoms with Gasteiger partial charge in [-0.25, -0.2) is 17.6 Å². The van der Waals surface area contributed by atoms with Gasteiger partial charge in [0.15, 0.2) is 5.54 Å². The maximum Gasteiger partial charge on any atom is 0.269 e. The second-order valence-electron chi connectivity index (χ2n) is 5.35. The van der Waals surface area contributed by atoms with Gasteiger partial charge >= 0.3 is 0 Å². The molecular formula is C16H15BrF4N4O. The summed E-state index contributed by atoms with van der Waals surface area (Å²) in [7, 11) is 0. The van der Waals surface area contributed by atoms with Crippen LogP contribution in [0, 0.1) is 11.6 Å². The standard InChI is InChI=1S/C11H11F4N3O.C5H4BrN/c12-6-2-7(13)8(16)1-5(6)11(10(14)15)4-19-3-9(17)18-11;6-5-2-1-3-7-4-5/h1-2,10H,3-4,16H2,(H2,17,18);1-4H. The van der Waals surface area contributed by atoms with Crippen LogP contribution in [0.5, 0.6) is 0 Å². The van der Waals surface area contributed by atoms with Crippen LogP contribution in [0.25, 0.3) is 0 Å². The van der Waals surface area contributed by atoms with Crippen molar-refractivity contribution in [3.05, 3.63) is 58.3 Å². The van der Waals surface area contributed by atoms with Gasteiger partial charge in [0.05, 0.1) is 12.3 Å². The van der Waals surface area contributed by atoms with Crippen LogP contribution in [-0.4, -0.2) is 30.5 Å². The highest BCUT2D eigenvalue weighted by Gasteiger charge is 2.46. The molecule has 3 rings (SSSR count). The first kappa shape index (κ1) is 20.1. The predicted octanol–water partition coefficient (Wildman–Crippen LogP) is 3.24. The zero-order valence-electron chi connectivity index (χ0n) is 13.3. The molecule has 5 nitrogen and oxygen atoms in total. The van der Waals surface area contributed by atoms with E-state index in [1.165, 1.54) is 0 Å². The number of pyridine rings is 1. The number of nitrogens with zero attached hydrogens (tertiary/aromatic N) is 2. The number of hydrogen-bond donors (Lipinski definition) is 2. The molecule has 0 radical (unpaired) electrons. The Balaban J connectivity index is 0.000000290. The van der Waals surface area contributed by atoms with E-state index in [9.17, 15) is 17.6 Å². The van der Waals surface area contributed by atoms with E-state index in [4.69, 9.17) is 16.2 Å². The molecule has 1 aliphatic heterocycles. The van der Waals surface area contributed by atoms with E-state index in [2.05, 4.69) is 25.9 Å². The van der Waals surface area contributed by atoms with Gasteiger partial charge in [0.1, 0.15) is 24.1 Å². The summed E-state index contributed by atoms with van der Waals surface area (Å²) in [6.07, 6.45) is 0.413. The number of nitrogens with two attached hydrogens (primary N) is 2.